The molecule has 5 nitrogen and oxygen atoms in total. The van der Waals surface area contributed by atoms with Crippen LogP contribution in [-0.4, -0.2) is 35.4 Å². The van der Waals surface area contributed by atoms with Gasteiger partial charge in [0.05, 0.1) is 0 Å². The van der Waals surface area contributed by atoms with Crippen molar-refractivity contribution < 1.29 is 24.2 Å². The first-order valence-electron chi connectivity index (χ1n) is 7.40. The van der Waals surface area contributed by atoms with Gasteiger partial charge >= 0.3 is 11.9 Å². The number of esters is 2. The van der Waals surface area contributed by atoms with E-state index >= 15 is 0 Å². The van der Waals surface area contributed by atoms with Gasteiger partial charge in [0.2, 0.25) is 0 Å². The highest BCUT2D eigenvalue weighted by Gasteiger charge is 2.38. The van der Waals surface area contributed by atoms with Gasteiger partial charge in [-0.05, 0) is 38.3 Å². The molecule has 22 heavy (non-hydrogen) atoms. The van der Waals surface area contributed by atoms with Crippen molar-refractivity contribution in [1.29, 1.82) is 0 Å². The molecule has 0 aromatic carbocycles. The summed E-state index contributed by atoms with van der Waals surface area (Å²) in [7, 11) is 0. The molecule has 0 bridgehead atoms. The molecule has 0 spiro atoms. The number of aliphatic hydroxyl groups excluding tert-OH is 1. The van der Waals surface area contributed by atoms with E-state index in [1.54, 1.807) is 19.1 Å². The maximum Gasteiger partial charge on any atom is 0.334 e. The van der Waals surface area contributed by atoms with Crippen molar-refractivity contribution in [2.75, 3.05) is 0 Å². The molecule has 2 aliphatic rings. The summed E-state index contributed by atoms with van der Waals surface area (Å²) in [4.78, 5) is 23.0. The molecular formula is C17H22O5. The minimum absolute atomic E-state index is 0.0842. The number of aliphatic hydroxyl groups is 1. The Morgan fingerprint density at radius 1 is 1.41 bits per heavy atom. The summed E-state index contributed by atoms with van der Waals surface area (Å²) in [5.74, 6) is -0.937. The monoisotopic (exact) mass is 306 g/mol. The lowest BCUT2D eigenvalue weighted by Crippen LogP contribution is -2.32. The normalized spacial score (nSPS) is 32.5. The second-order valence-corrected chi connectivity index (χ2v) is 5.98. The lowest BCUT2D eigenvalue weighted by molar-refractivity contribution is -0.148. The van der Waals surface area contributed by atoms with Crippen LogP contribution in [0.2, 0.25) is 0 Å². The molecule has 0 radical (unpaired) electrons. The molecule has 1 fully saturated rings. The van der Waals surface area contributed by atoms with Crippen LogP contribution in [0.3, 0.4) is 0 Å². The first-order valence-corrected chi connectivity index (χ1v) is 7.40. The predicted molar refractivity (Wildman–Crippen MR) is 80.8 cm³/mol. The Morgan fingerprint density at radius 3 is 2.73 bits per heavy atom. The van der Waals surface area contributed by atoms with Gasteiger partial charge in [-0.1, -0.05) is 18.2 Å². The maximum atomic E-state index is 11.7. The standard InChI is InChI=1S/C17H22O5/c1-9-5-6-13-11(3)17(20)22-15(13)8-10(2)16(14(19)7-9)21-12(4)18/h7-8,13-16,19H,3,5-6H2,1-2,4H3. The van der Waals surface area contributed by atoms with Crippen molar-refractivity contribution in [3.63, 3.8) is 0 Å². The molecule has 1 heterocycles. The topological polar surface area (TPSA) is 72.8 Å². The van der Waals surface area contributed by atoms with E-state index < -0.39 is 24.3 Å². The zero-order valence-corrected chi connectivity index (χ0v) is 13.2. The quantitative estimate of drug-likeness (QED) is 0.456. The summed E-state index contributed by atoms with van der Waals surface area (Å²) < 4.78 is 10.6. The van der Waals surface area contributed by atoms with Crippen LogP contribution in [0.4, 0.5) is 0 Å². The van der Waals surface area contributed by atoms with Crippen molar-refractivity contribution in [3.8, 4) is 0 Å². The smallest absolute Gasteiger partial charge is 0.334 e. The lowest BCUT2D eigenvalue weighted by atomic mass is 9.87. The molecule has 1 aliphatic carbocycles. The highest BCUT2D eigenvalue weighted by atomic mass is 16.6. The first kappa shape index (κ1) is 16.5. The van der Waals surface area contributed by atoms with E-state index in [0.717, 1.165) is 12.0 Å². The average molecular weight is 306 g/mol. The van der Waals surface area contributed by atoms with Crippen molar-refractivity contribution in [3.05, 3.63) is 35.5 Å². The van der Waals surface area contributed by atoms with Crippen molar-refractivity contribution in [1.82, 2.24) is 0 Å². The molecule has 0 aromatic rings. The van der Waals surface area contributed by atoms with Gasteiger partial charge in [0.15, 0.2) is 6.10 Å². The molecule has 120 valence electrons. The van der Waals surface area contributed by atoms with E-state index in [4.69, 9.17) is 9.47 Å². The zero-order chi connectivity index (χ0) is 16.4. The minimum Gasteiger partial charge on any atom is -0.455 e. The van der Waals surface area contributed by atoms with Gasteiger partial charge in [-0.25, -0.2) is 4.79 Å². The molecule has 0 saturated carbocycles. The van der Waals surface area contributed by atoms with Crippen molar-refractivity contribution >= 4 is 11.9 Å². The summed E-state index contributed by atoms with van der Waals surface area (Å²) >= 11 is 0. The molecule has 0 amide bonds. The Labute approximate surface area is 130 Å². The van der Waals surface area contributed by atoms with Crippen LogP contribution >= 0.6 is 0 Å². The van der Waals surface area contributed by atoms with Gasteiger partial charge in [0.25, 0.3) is 0 Å². The number of hydrogen-bond donors (Lipinski definition) is 1. The minimum atomic E-state index is -0.919. The first-order chi connectivity index (χ1) is 10.3. The number of ether oxygens (including phenoxy) is 2. The average Bonchev–Trinajstić information content (AvgIpc) is 2.67. The Bertz CT molecular complexity index is 557. The summed E-state index contributed by atoms with van der Waals surface area (Å²) in [6.07, 6.45) is 2.78. The Hall–Kier alpha value is -1.88. The van der Waals surface area contributed by atoms with Crippen LogP contribution in [0.1, 0.15) is 33.6 Å². The van der Waals surface area contributed by atoms with Crippen molar-refractivity contribution in [2.45, 2.75) is 51.9 Å². The van der Waals surface area contributed by atoms with Crippen LogP contribution < -0.4 is 0 Å². The SMILES string of the molecule is C=C1C(=O)OC2C=C(C)C(OC(C)=O)C(O)C=C(C)CCC12. The summed E-state index contributed by atoms with van der Waals surface area (Å²) in [5, 5.41) is 10.3. The van der Waals surface area contributed by atoms with Gasteiger partial charge in [-0.2, -0.15) is 0 Å². The largest absolute Gasteiger partial charge is 0.455 e. The van der Waals surface area contributed by atoms with E-state index in [0.29, 0.717) is 17.6 Å². The molecule has 1 aliphatic heterocycles. The molecule has 4 unspecified atom stereocenters. The lowest BCUT2D eigenvalue weighted by Gasteiger charge is -2.25. The van der Waals surface area contributed by atoms with E-state index in [9.17, 15) is 14.7 Å². The highest BCUT2D eigenvalue weighted by molar-refractivity contribution is 5.91. The van der Waals surface area contributed by atoms with Gasteiger partial charge in [0.1, 0.15) is 12.2 Å². The third kappa shape index (κ3) is 3.47. The maximum absolute atomic E-state index is 11.7. The Morgan fingerprint density at radius 2 is 2.09 bits per heavy atom. The predicted octanol–water partition coefficient (Wildman–Crippen LogP) is 2.06. The van der Waals surface area contributed by atoms with Crippen LogP contribution in [0.25, 0.3) is 0 Å². The van der Waals surface area contributed by atoms with Gasteiger partial charge in [0, 0.05) is 18.4 Å². The van der Waals surface area contributed by atoms with Gasteiger partial charge in [-0.3, -0.25) is 4.79 Å². The number of allylic oxidation sites excluding steroid dienone is 1. The Balaban J connectivity index is 2.38. The molecular weight excluding hydrogens is 284 g/mol. The Kier molecular flexibility index (Phi) is 4.86. The number of carbonyl (C=O) groups is 2. The van der Waals surface area contributed by atoms with Gasteiger partial charge < -0.3 is 14.6 Å². The van der Waals surface area contributed by atoms with E-state index in [2.05, 4.69) is 6.58 Å². The fraction of sp³-hybridized carbons (Fsp3) is 0.529. The van der Waals surface area contributed by atoms with Crippen LogP contribution in [0.15, 0.2) is 35.5 Å². The summed E-state index contributed by atoms with van der Waals surface area (Å²) in [5.41, 5.74) is 2.11. The number of carbonyl (C=O) groups excluding carboxylic acids is 2. The highest BCUT2D eigenvalue weighted by Crippen LogP contribution is 2.34. The molecule has 1 N–H and O–H groups in total. The van der Waals surface area contributed by atoms with Crippen LogP contribution in [-0.2, 0) is 19.1 Å². The molecule has 2 rings (SSSR count). The van der Waals surface area contributed by atoms with Crippen LogP contribution in [0, 0.1) is 5.92 Å². The zero-order valence-electron chi connectivity index (χ0n) is 13.2. The molecule has 5 heteroatoms. The summed E-state index contributed by atoms with van der Waals surface area (Å²) in [6, 6.07) is 0. The third-order valence-corrected chi connectivity index (χ3v) is 4.13. The number of hydrogen-bond acceptors (Lipinski definition) is 5. The van der Waals surface area contributed by atoms with E-state index in [1.165, 1.54) is 6.92 Å². The molecule has 1 saturated heterocycles. The van der Waals surface area contributed by atoms with E-state index in [-0.39, 0.29) is 11.9 Å². The molecule has 4 atom stereocenters. The second-order valence-electron chi connectivity index (χ2n) is 5.98. The summed E-state index contributed by atoms with van der Waals surface area (Å²) in [6.45, 7) is 8.79. The van der Waals surface area contributed by atoms with Crippen molar-refractivity contribution in [2.24, 2.45) is 5.92 Å². The third-order valence-electron chi connectivity index (χ3n) is 4.13. The fourth-order valence-corrected chi connectivity index (χ4v) is 2.93. The fourth-order valence-electron chi connectivity index (χ4n) is 2.93. The second kappa shape index (κ2) is 6.48. The number of fused-ring (bicyclic) bond motifs is 1. The van der Waals surface area contributed by atoms with Crippen LogP contribution in [0.5, 0.6) is 0 Å². The van der Waals surface area contributed by atoms with Gasteiger partial charge in [-0.15, -0.1) is 0 Å². The number of rotatable bonds is 1. The van der Waals surface area contributed by atoms with E-state index in [1.807, 2.05) is 6.92 Å². The molecule has 0 aromatic heterocycles.